The molecule has 0 aromatic heterocycles. The number of methoxy groups -OCH3 is 1. The number of nitrogens with zero attached hydrogens (tertiary/aromatic N) is 2. The average molecular weight is 715 g/mol. The molecule has 2 N–H and O–H groups in total. The summed E-state index contributed by atoms with van der Waals surface area (Å²) in [6, 6.07) is 17.1. The summed E-state index contributed by atoms with van der Waals surface area (Å²) in [6.07, 6.45) is -1.19. The lowest BCUT2D eigenvalue weighted by molar-refractivity contribution is -0.132. The van der Waals surface area contributed by atoms with E-state index in [1.54, 1.807) is 54.6 Å². The normalized spacial score (nSPS) is 14.4. The van der Waals surface area contributed by atoms with Crippen molar-refractivity contribution in [2.24, 2.45) is 0 Å². The van der Waals surface area contributed by atoms with Crippen molar-refractivity contribution in [2.45, 2.75) is 77.8 Å². The number of carbonyl (C=O) groups excluding carboxylic acids is 2. The Morgan fingerprint density at radius 3 is 2.24 bits per heavy atom. The lowest BCUT2D eigenvalue weighted by Gasteiger charge is -2.32. The minimum Gasteiger partial charge on any atom is -0.493 e. The monoisotopic (exact) mass is 714 g/mol. The topological polar surface area (TPSA) is 102 Å². The maximum atomic E-state index is 13.6. The van der Waals surface area contributed by atoms with Gasteiger partial charge in [0.1, 0.15) is 23.8 Å². The summed E-state index contributed by atoms with van der Waals surface area (Å²) in [7, 11) is 1.46. The predicted octanol–water partition coefficient (Wildman–Crippen LogP) is 8.62. The van der Waals surface area contributed by atoms with Crippen molar-refractivity contribution in [3.05, 3.63) is 72.3 Å². The highest BCUT2D eigenvalue weighted by Gasteiger charge is 2.30. The van der Waals surface area contributed by atoms with Gasteiger partial charge in [0.25, 0.3) is 5.91 Å². The van der Waals surface area contributed by atoms with Crippen molar-refractivity contribution < 1.29 is 41.7 Å². The molecule has 1 unspecified atom stereocenters. The zero-order valence-electron chi connectivity index (χ0n) is 29.8. The fraction of sp³-hybridized carbons (Fsp3) is 0.474. The van der Waals surface area contributed by atoms with Gasteiger partial charge >= 0.3 is 12.2 Å². The van der Waals surface area contributed by atoms with E-state index < -0.39 is 37.3 Å². The lowest BCUT2D eigenvalue weighted by atomic mass is 10.1. The molecule has 1 heterocycles. The molecule has 13 heteroatoms. The molecule has 3 amide bonds. The summed E-state index contributed by atoms with van der Waals surface area (Å²) in [5.74, 6) is 1.09. The fourth-order valence-corrected chi connectivity index (χ4v) is 5.67. The third-order valence-corrected chi connectivity index (χ3v) is 8.46. The van der Waals surface area contributed by atoms with Crippen LogP contribution in [0.3, 0.4) is 0 Å². The molecule has 0 radical (unpaired) electrons. The Kier molecular flexibility index (Phi) is 14.8. The summed E-state index contributed by atoms with van der Waals surface area (Å²) < 4.78 is 63.0. The molecule has 1 saturated heterocycles. The van der Waals surface area contributed by atoms with Crippen LogP contribution in [0.2, 0.25) is 0 Å². The number of piperidine rings is 1. The van der Waals surface area contributed by atoms with Crippen molar-refractivity contribution in [2.75, 3.05) is 50.1 Å². The van der Waals surface area contributed by atoms with Crippen LogP contribution in [-0.4, -0.2) is 75.2 Å². The Labute approximate surface area is 298 Å². The van der Waals surface area contributed by atoms with Gasteiger partial charge in [0.15, 0.2) is 11.5 Å². The third kappa shape index (κ3) is 12.4. The van der Waals surface area contributed by atoms with Crippen molar-refractivity contribution >= 4 is 23.3 Å². The van der Waals surface area contributed by atoms with Gasteiger partial charge in [-0.3, -0.25) is 4.79 Å². The van der Waals surface area contributed by atoms with Crippen molar-refractivity contribution in [3.8, 4) is 23.0 Å². The van der Waals surface area contributed by atoms with Gasteiger partial charge in [-0.1, -0.05) is 20.3 Å². The summed E-state index contributed by atoms with van der Waals surface area (Å²) in [5.41, 5.74) is 0.983. The van der Waals surface area contributed by atoms with Gasteiger partial charge < -0.3 is 39.4 Å². The van der Waals surface area contributed by atoms with E-state index in [0.717, 1.165) is 43.8 Å². The van der Waals surface area contributed by atoms with Gasteiger partial charge in [0.05, 0.1) is 13.5 Å². The molecule has 0 spiro atoms. The number of ether oxygens (including phenoxy) is 4. The number of likely N-dealkylation sites (tertiary alicyclic amines) is 1. The minimum absolute atomic E-state index is 0.0778. The molecule has 0 bridgehead atoms. The van der Waals surface area contributed by atoms with E-state index in [0.29, 0.717) is 41.7 Å². The maximum Gasteiger partial charge on any atom is 0.390 e. The molecule has 10 nitrogen and oxygen atoms in total. The van der Waals surface area contributed by atoms with Crippen molar-refractivity contribution in [3.63, 3.8) is 0 Å². The standard InChI is InChI=1S/C38H49F3N4O6/c1-5-8-22-44-23-19-32(20-24-44)50-30-14-9-27(10-15-30)36(46)45(25-21-38(39,40)41)29-12-16-31(17-13-29)51-33-18-11-28(26-34(33)48-4)42-37(47)43-35(6-2)49-7-3/h9-18,26,32,35H,5-8,19-25H2,1-4H3,(H2,42,43,47). The number of carbonyl (C=O) groups is 2. The zero-order chi connectivity index (χ0) is 36.8. The van der Waals surface area contributed by atoms with E-state index in [4.69, 9.17) is 18.9 Å². The Morgan fingerprint density at radius 1 is 0.941 bits per heavy atom. The lowest BCUT2D eigenvalue weighted by Crippen LogP contribution is -2.39. The van der Waals surface area contributed by atoms with E-state index in [9.17, 15) is 22.8 Å². The molecular formula is C38H49F3N4O6. The Morgan fingerprint density at radius 2 is 1.63 bits per heavy atom. The molecule has 0 aliphatic carbocycles. The van der Waals surface area contributed by atoms with Crippen molar-refractivity contribution in [1.29, 1.82) is 0 Å². The van der Waals surface area contributed by atoms with Crippen LogP contribution < -0.4 is 29.7 Å². The van der Waals surface area contributed by atoms with Crippen molar-refractivity contribution in [1.82, 2.24) is 10.2 Å². The SMILES string of the molecule is CCCCN1CCC(Oc2ccc(C(=O)N(CCC(F)(F)F)c3ccc(Oc4ccc(NC(=O)NC(CC)OCC)cc4OC)cc3)cc2)CC1. The molecule has 51 heavy (non-hydrogen) atoms. The highest BCUT2D eigenvalue weighted by Crippen LogP contribution is 2.35. The molecule has 0 saturated carbocycles. The number of rotatable bonds is 17. The van der Waals surface area contributed by atoms with Crippen LogP contribution in [0.1, 0.15) is 69.7 Å². The van der Waals surface area contributed by atoms with Gasteiger partial charge in [-0.15, -0.1) is 0 Å². The molecule has 278 valence electrons. The molecule has 1 aliphatic rings. The highest BCUT2D eigenvalue weighted by molar-refractivity contribution is 6.06. The van der Waals surface area contributed by atoms with Crippen LogP contribution in [0.15, 0.2) is 66.7 Å². The molecule has 3 aromatic carbocycles. The van der Waals surface area contributed by atoms with Crippen LogP contribution in [0.4, 0.5) is 29.3 Å². The molecule has 1 aliphatic heterocycles. The summed E-state index contributed by atoms with van der Waals surface area (Å²) >= 11 is 0. The second-order valence-electron chi connectivity index (χ2n) is 12.3. The minimum atomic E-state index is -4.45. The first kappa shape index (κ1) is 39.3. The van der Waals surface area contributed by atoms with Crippen LogP contribution >= 0.6 is 0 Å². The molecule has 3 aromatic rings. The van der Waals surface area contributed by atoms with E-state index in [1.807, 2.05) is 13.8 Å². The zero-order valence-corrected chi connectivity index (χ0v) is 29.8. The first-order chi connectivity index (χ1) is 24.5. The van der Waals surface area contributed by atoms with Crippen LogP contribution in [0.5, 0.6) is 23.0 Å². The van der Waals surface area contributed by atoms with Gasteiger partial charge in [0, 0.05) is 49.2 Å². The maximum absolute atomic E-state index is 13.6. The second kappa shape index (κ2) is 19.2. The van der Waals surface area contributed by atoms with Crippen LogP contribution in [0.25, 0.3) is 0 Å². The van der Waals surface area contributed by atoms with E-state index >= 15 is 0 Å². The number of anilines is 2. The van der Waals surface area contributed by atoms with E-state index in [2.05, 4.69) is 22.5 Å². The quantitative estimate of drug-likeness (QED) is 0.135. The second-order valence-corrected chi connectivity index (χ2v) is 12.3. The van der Waals surface area contributed by atoms with Crippen LogP contribution in [0, 0.1) is 0 Å². The number of hydrogen-bond donors (Lipinski definition) is 2. The molecule has 1 fully saturated rings. The first-order valence-corrected chi connectivity index (χ1v) is 17.5. The largest absolute Gasteiger partial charge is 0.493 e. The number of unbranched alkanes of at least 4 members (excludes halogenated alkanes) is 1. The number of nitrogens with one attached hydrogen (secondary N) is 2. The number of halogens is 3. The molecule has 1 atom stereocenters. The summed E-state index contributed by atoms with van der Waals surface area (Å²) in [4.78, 5) is 29.6. The van der Waals surface area contributed by atoms with Gasteiger partial charge in [0.2, 0.25) is 0 Å². The molecular weight excluding hydrogens is 665 g/mol. The number of hydrogen-bond acceptors (Lipinski definition) is 7. The number of urea groups is 1. The van der Waals surface area contributed by atoms with Crippen LogP contribution in [-0.2, 0) is 4.74 Å². The van der Waals surface area contributed by atoms with E-state index in [1.165, 1.54) is 25.7 Å². The highest BCUT2D eigenvalue weighted by atomic mass is 19.4. The van der Waals surface area contributed by atoms with Gasteiger partial charge in [-0.05, 0) is 99.8 Å². The fourth-order valence-electron chi connectivity index (χ4n) is 5.67. The molecule has 4 rings (SSSR count). The number of benzene rings is 3. The summed E-state index contributed by atoms with van der Waals surface area (Å²) in [5, 5.41) is 5.47. The number of amides is 3. The predicted molar refractivity (Wildman–Crippen MR) is 191 cm³/mol. The Balaban J connectivity index is 1.41. The van der Waals surface area contributed by atoms with Gasteiger partial charge in [-0.25, -0.2) is 4.79 Å². The third-order valence-electron chi connectivity index (χ3n) is 8.46. The van der Waals surface area contributed by atoms with Gasteiger partial charge in [-0.2, -0.15) is 13.2 Å². The smallest absolute Gasteiger partial charge is 0.390 e. The Hall–Kier alpha value is -4.49. The number of alkyl halides is 3. The average Bonchev–Trinajstić information content (AvgIpc) is 3.12. The van der Waals surface area contributed by atoms with E-state index in [-0.39, 0.29) is 17.4 Å². The first-order valence-electron chi connectivity index (χ1n) is 17.5. The summed E-state index contributed by atoms with van der Waals surface area (Å²) in [6.45, 7) is 8.88. The Bertz CT molecular complexity index is 1530.